The van der Waals surface area contributed by atoms with Crippen LogP contribution < -0.4 is 5.32 Å². The van der Waals surface area contributed by atoms with Gasteiger partial charge in [-0.05, 0) is 47.9 Å². The van der Waals surface area contributed by atoms with Gasteiger partial charge in [-0.1, -0.05) is 28.1 Å². The molecule has 0 saturated carbocycles. The number of carbonyl (C=O) groups is 1. The Balaban J connectivity index is 2.00. The number of fused-ring (bicyclic) bond motifs is 1. The number of benzene rings is 2. The van der Waals surface area contributed by atoms with Gasteiger partial charge < -0.3 is 5.32 Å². The van der Waals surface area contributed by atoms with E-state index in [-0.39, 0.29) is 5.91 Å². The van der Waals surface area contributed by atoms with E-state index in [4.69, 9.17) is 5.26 Å². The van der Waals surface area contributed by atoms with E-state index in [0.29, 0.717) is 18.5 Å². The standard InChI is InChI=1S/C16H15BrN2O/c17-15-7-6-12-10-14(5-4-13(12)11-15)16(20)19-9-3-1-2-8-18/h4-7,10-11H,1-3,9H2,(H,19,20). The Morgan fingerprint density at radius 3 is 2.70 bits per heavy atom. The van der Waals surface area contributed by atoms with Gasteiger partial charge in [0, 0.05) is 23.0 Å². The van der Waals surface area contributed by atoms with Gasteiger partial charge in [0.15, 0.2) is 0 Å². The summed E-state index contributed by atoms with van der Waals surface area (Å²) in [6.45, 7) is 0.610. The summed E-state index contributed by atoms with van der Waals surface area (Å²) in [6, 6.07) is 13.8. The summed E-state index contributed by atoms with van der Waals surface area (Å²) < 4.78 is 1.03. The summed E-state index contributed by atoms with van der Waals surface area (Å²) in [7, 11) is 0. The first kappa shape index (κ1) is 14.5. The van der Waals surface area contributed by atoms with Crippen LogP contribution in [0, 0.1) is 11.3 Å². The highest BCUT2D eigenvalue weighted by Gasteiger charge is 2.05. The molecule has 1 N–H and O–H groups in total. The first-order valence-electron chi connectivity index (χ1n) is 6.55. The van der Waals surface area contributed by atoms with Crippen LogP contribution in [0.3, 0.4) is 0 Å². The highest BCUT2D eigenvalue weighted by atomic mass is 79.9. The van der Waals surface area contributed by atoms with Gasteiger partial charge in [0.2, 0.25) is 0 Å². The van der Waals surface area contributed by atoms with Crippen molar-refractivity contribution in [1.82, 2.24) is 5.32 Å². The molecule has 3 nitrogen and oxygen atoms in total. The molecule has 20 heavy (non-hydrogen) atoms. The topological polar surface area (TPSA) is 52.9 Å². The average molecular weight is 331 g/mol. The van der Waals surface area contributed by atoms with E-state index in [9.17, 15) is 4.79 Å². The van der Waals surface area contributed by atoms with E-state index >= 15 is 0 Å². The van der Waals surface area contributed by atoms with Gasteiger partial charge in [-0.3, -0.25) is 4.79 Å². The van der Waals surface area contributed by atoms with Crippen LogP contribution in [0.25, 0.3) is 10.8 Å². The minimum Gasteiger partial charge on any atom is -0.352 e. The van der Waals surface area contributed by atoms with Crippen LogP contribution in [-0.2, 0) is 0 Å². The van der Waals surface area contributed by atoms with Crippen LogP contribution in [0.4, 0.5) is 0 Å². The molecular formula is C16H15BrN2O. The van der Waals surface area contributed by atoms with E-state index in [0.717, 1.165) is 28.1 Å². The molecular weight excluding hydrogens is 316 g/mol. The summed E-state index contributed by atoms with van der Waals surface area (Å²) in [5.41, 5.74) is 0.667. The van der Waals surface area contributed by atoms with Crippen LogP contribution in [0.15, 0.2) is 40.9 Å². The van der Waals surface area contributed by atoms with E-state index in [1.807, 2.05) is 36.4 Å². The third-order valence-electron chi connectivity index (χ3n) is 3.07. The number of carbonyl (C=O) groups excluding carboxylic acids is 1. The molecule has 4 heteroatoms. The first-order valence-corrected chi connectivity index (χ1v) is 7.34. The van der Waals surface area contributed by atoms with Crippen LogP contribution >= 0.6 is 15.9 Å². The van der Waals surface area contributed by atoms with Crippen molar-refractivity contribution in [3.05, 3.63) is 46.4 Å². The number of halogens is 1. The van der Waals surface area contributed by atoms with E-state index < -0.39 is 0 Å². The number of amides is 1. The fourth-order valence-corrected chi connectivity index (χ4v) is 2.37. The molecule has 0 spiro atoms. The van der Waals surface area contributed by atoms with Gasteiger partial charge in [-0.15, -0.1) is 0 Å². The zero-order valence-corrected chi connectivity index (χ0v) is 12.6. The van der Waals surface area contributed by atoms with Crippen LogP contribution in [0.1, 0.15) is 29.6 Å². The molecule has 0 aliphatic rings. The monoisotopic (exact) mass is 330 g/mol. The molecule has 0 heterocycles. The van der Waals surface area contributed by atoms with Crippen molar-refractivity contribution in [3.63, 3.8) is 0 Å². The highest BCUT2D eigenvalue weighted by molar-refractivity contribution is 9.10. The Hall–Kier alpha value is -1.86. The summed E-state index contributed by atoms with van der Waals surface area (Å²) in [5.74, 6) is -0.0632. The minimum atomic E-state index is -0.0632. The van der Waals surface area contributed by atoms with Crippen molar-refractivity contribution < 1.29 is 4.79 Å². The van der Waals surface area contributed by atoms with Crippen LogP contribution in [0.2, 0.25) is 0 Å². The number of nitriles is 1. The van der Waals surface area contributed by atoms with Crippen molar-refractivity contribution in [1.29, 1.82) is 5.26 Å². The predicted molar refractivity (Wildman–Crippen MR) is 83.4 cm³/mol. The minimum absolute atomic E-state index is 0.0632. The second-order valence-electron chi connectivity index (χ2n) is 4.58. The third-order valence-corrected chi connectivity index (χ3v) is 3.56. The van der Waals surface area contributed by atoms with Gasteiger partial charge in [0.1, 0.15) is 0 Å². The SMILES string of the molecule is N#CCCCCNC(=O)c1ccc2cc(Br)ccc2c1. The molecule has 1 amide bonds. The lowest BCUT2D eigenvalue weighted by Crippen LogP contribution is -2.24. The molecule has 0 saturated heterocycles. The molecule has 2 aromatic rings. The normalized spacial score (nSPS) is 10.2. The van der Waals surface area contributed by atoms with E-state index in [1.54, 1.807) is 0 Å². The molecule has 0 fully saturated rings. The first-order chi connectivity index (χ1) is 9.70. The van der Waals surface area contributed by atoms with Gasteiger partial charge in [-0.25, -0.2) is 0 Å². The highest BCUT2D eigenvalue weighted by Crippen LogP contribution is 2.20. The van der Waals surface area contributed by atoms with Crippen molar-refractivity contribution in [2.75, 3.05) is 6.54 Å². The molecule has 0 unspecified atom stereocenters. The Bertz CT molecular complexity index is 661. The maximum absolute atomic E-state index is 12.0. The smallest absolute Gasteiger partial charge is 0.251 e. The number of unbranched alkanes of at least 4 members (excludes halogenated alkanes) is 2. The Morgan fingerprint density at radius 2 is 1.90 bits per heavy atom. The summed E-state index contributed by atoms with van der Waals surface area (Å²) >= 11 is 3.43. The fraction of sp³-hybridized carbons (Fsp3) is 0.250. The third kappa shape index (κ3) is 3.82. The van der Waals surface area contributed by atoms with Crippen molar-refractivity contribution in [2.24, 2.45) is 0 Å². The molecule has 0 aliphatic heterocycles. The molecule has 0 bridgehead atoms. The van der Waals surface area contributed by atoms with Gasteiger partial charge in [0.25, 0.3) is 5.91 Å². The Kier molecular flexibility index (Phi) is 5.14. The molecule has 0 atom stereocenters. The second kappa shape index (κ2) is 7.06. The van der Waals surface area contributed by atoms with Gasteiger partial charge in [-0.2, -0.15) is 5.26 Å². The van der Waals surface area contributed by atoms with Gasteiger partial charge in [0.05, 0.1) is 6.07 Å². The van der Waals surface area contributed by atoms with Crippen LogP contribution in [-0.4, -0.2) is 12.5 Å². The molecule has 2 rings (SSSR count). The molecule has 0 aliphatic carbocycles. The maximum Gasteiger partial charge on any atom is 0.251 e. The van der Waals surface area contributed by atoms with Crippen LogP contribution in [0.5, 0.6) is 0 Å². The zero-order chi connectivity index (χ0) is 14.4. The summed E-state index contributed by atoms with van der Waals surface area (Å²) in [6.07, 6.45) is 2.20. The van der Waals surface area contributed by atoms with Crippen molar-refractivity contribution in [2.45, 2.75) is 19.3 Å². The molecule has 0 radical (unpaired) electrons. The summed E-state index contributed by atoms with van der Waals surface area (Å²) in [5, 5.41) is 13.5. The quantitative estimate of drug-likeness (QED) is 0.841. The zero-order valence-electron chi connectivity index (χ0n) is 11.0. The summed E-state index contributed by atoms with van der Waals surface area (Å²) in [4.78, 5) is 12.0. The lowest BCUT2D eigenvalue weighted by atomic mass is 10.1. The Labute approximate surface area is 126 Å². The number of rotatable bonds is 5. The van der Waals surface area contributed by atoms with Crippen molar-refractivity contribution in [3.8, 4) is 6.07 Å². The Morgan fingerprint density at radius 1 is 1.15 bits per heavy atom. The number of nitrogens with one attached hydrogen (secondary N) is 1. The number of hydrogen-bond acceptors (Lipinski definition) is 2. The number of hydrogen-bond donors (Lipinski definition) is 1. The van der Waals surface area contributed by atoms with Crippen molar-refractivity contribution >= 4 is 32.6 Å². The molecule has 0 aromatic heterocycles. The van der Waals surface area contributed by atoms with Gasteiger partial charge >= 0.3 is 0 Å². The second-order valence-corrected chi connectivity index (χ2v) is 5.49. The number of nitrogens with zero attached hydrogens (tertiary/aromatic N) is 1. The lowest BCUT2D eigenvalue weighted by molar-refractivity contribution is 0.0953. The largest absolute Gasteiger partial charge is 0.352 e. The fourth-order valence-electron chi connectivity index (χ4n) is 1.99. The molecule has 102 valence electrons. The predicted octanol–water partition coefficient (Wildman–Crippen LogP) is 4.03. The van der Waals surface area contributed by atoms with E-state index in [2.05, 4.69) is 27.3 Å². The van der Waals surface area contributed by atoms with E-state index in [1.165, 1.54) is 0 Å². The lowest BCUT2D eigenvalue weighted by Gasteiger charge is -2.06. The average Bonchev–Trinajstić information content (AvgIpc) is 2.46. The molecule has 2 aromatic carbocycles. The maximum atomic E-state index is 12.0.